The van der Waals surface area contributed by atoms with Crippen LogP contribution in [-0.2, 0) is 9.53 Å². The van der Waals surface area contributed by atoms with Crippen LogP contribution < -0.4 is 5.32 Å². The van der Waals surface area contributed by atoms with Crippen LogP contribution in [0.1, 0.15) is 10.4 Å². The van der Waals surface area contributed by atoms with E-state index in [0.29, 0.717) is 18.7 Å². The number of ether oxygens (including phenoxy) is 1. The zero-order valence-corrected chi connectivity index (χ0v) is 11.7. The second-order valence-corrected chi connectivity index (χ2v) is 4.78. The van der Waals surface area contributed by atoms with Gasteiger partial charge in [0.25, 0.3) is 5.91 Å². The van der Waals surface area contributed by atoms with E-state index in [1.807, 2.05) is 0 Å². The number of benzene rings is 1. The molecule has 1 aliphatic heterocycles. The Labute approximate surface area is 121 Å². The van der Waals surface area contributed by atoms with Crippen molar-refractivity contribution in [2.45, 2.75) is 6.04 Å². The maximum absolute atomic E-state index is 12.4. The largest absolute Gasteiger partial charge is 0.506 e. The van der Waals surface area contributed by atoms with Crippen LogP contribution in [0.3, 0.4) is 0 Å². The maximum Gasteiger partial charge on any atom is 0.254 e. The number of amides is 2. The summed E-state index contributed by atoms with van der Waals surface area (Å²) in [5.41, 5.74) is 0.323. The number of phenols is 1. The maximum atomic E-state index is 12.4. The smallest absolute Gasteiger partial charge is 0.254 e. The summed E-state index contributed by atoms with van der Waals surface area (Å²) < 4.78 is 5.24. The van der Waals surface area contributed by atoms with E-state index in [9.17, 15) is 14.7 Å². The first-order valence-corrected chi connectivity index (χ1v) is 6.51. The van der Waals surface area contributed by atoms with Crippen LogP contribution in [0.5, 0.6) is 5.75 Å². The Balaban J connectivity index is 2.25. The lowest BCUT2D eigenvalue weighted by atomic mass is 10.1. The molecule has 1 unspecified atom stereocenters. The molecule has 2 rings (SSSR count). The normalized spacial score (nSPS) is 18.7. The minimum absolute atomic E-state index is 0.0898. The number of aromatic hydroxyl groups is 1. The molecule has 0 aliphatic carbocycles. The first kappa shape index (κ1) is 14.6. The highest BCUT2D eigenvalue weighted by Gasteiger charge is 2.32. The monoisotopic (exact) mass is 298 g/mol. The SMILES string of the molecule is CNC(=O)C1COCCN1C(=O)c1ccc(O)c(Cl)c1. The van der Waals surface area contributed by atoms with Crippen molar-refractivity contribution in [2.75, 3.05) is 26.8 Å². The molecule has 1 atom stereocenters. The van der Waals surface area contributed by atoms with Crippen molar-refractivity contribution < 1.29 is 19.4 Å². The lowest BCUT2D eigenvalue weighted by molar-refractivity contribution is -0.130. The average molecular weight is 299 g/mol. The molecule has 2 amide bonds. The van der Waals surface area contributed by atoms with Crippen molar-refractivity contribution in [3.63, 3.8) is 0 Å². The molecule has 6 nitrogen and oxygen atoms in total. The van der Waals surface area contributed by atoms with E-state index in [-0.39, 0.29) is 29.2 Å². The highest BCUT2D eigenvalue weighted by Crippen LogP contribution is 2.25. The van der Waals surface area contributed by atoms with Gasteiger partial charge in [0, 0.05) is 19.2 Å². The minimum atomic E-state index is -0.658. The fourth-order valence-corrected chi connectivity index (χ4v) is 2.22. The van der Waals surface area contributed by atoms with Gasteiger partial charge in [0.1, 0.15) is 11.8 Å². The Morgan fingerprint density at radius 3 is 2.90 bits per heavy atom. The Morgan fingerprint density at radius 1 is 1.50 bits per heavy atom. The highest BCUT2D eigenvalue weighted by molar-refractivity contribution is 6.32. The number of halogens is 1. The summed E-state index contributed by atoms with van der Waals surface area (Å²) in [6, 6.07) is 3.55. The van der Waals surface area contributed by atoms with E-state index in [1.54, 1.807) is 0 Å². The molecular formula is C13H15ClN2O4. The molecular weight excluding hydrogens is 284 g/mol. The van der Waals surface area contributed by atoms with Gasteiger partial charge in [0.05, 0.1) is 18.2 Å². The molecule has 0 saturated carbocycles. The summed E-state index contributed by atoms with van der Waals surface area (Å²) in [5.74, 6) is -0.681. The van der Waals surface area contributed by atoms with Gasteiger partial charge in [-0.3, -0.25) is 9.59 Å². The number of rotatable bonds is 2. The molecule has 7 heteroatoms. The van der Waals surface area contributed by atoms with Crippen LogP contribution in [0.4, 0.5) is 0 Å². The van der Waals surface area contributed by atoms with Crippen molar-refractivity contribution in [3.8, 4) is 5.75 Å². The molecule has 0 radical (unpaired) electrons. The van der Waals surface area contributed by atoms with Gasteiger partial charge in [0.15, 0.2) is 0 Å². The van der Waals surface area contributed by atoms with E-state index >= 15 is 0 Å². The number of phenolic OH excluding ortho intramolecular Hbond substituents is 1. The fraction of sp³-hybridized carbons (Fsp3) is 0.385. The number of hydrogen-bond donors (Lipinski definition) is 2. The quantitative estimate of drug-likeness (QED) is 0.839. The summed E-state index contributed by atoms with van der Waals surface area (Å²) in [4.78, 5) is 25.7. The van der Waals surface area contributed by atoms with E-state index in [4.69, 9.17) is 16.3 Å². The summed E-state index contributed by atoms with van der Waals surface area (Å²) in [7, 11) is 1.51. The standard InChI is InChI=1S/C13H15ClN2O4/c1-15-12(18)10-7-20-5-4-16(10)13(19)8-2-3-11(17)9(14)6-8/h2-3,6,10,17H,4-5,7H2,1H3,(H,15,18). The van der Waals surface area contributed by atoms with Crippen LogP contribution in [-0.4, -0.2) is 54.7 Å². The third-order valence-electron chi connectivity index (χ3n) is 3.13. The van der Waals surface area contributed by atoms with Crippen molar-refractivity contribution in [2.24, 2.45) is 0 Å². The van der Waals surface area contributed by atoms with Crippen molar-refractivity contribution >= 4 is 23.4 Å². The van der Waals surface area contributed by atoms with Crippen LogP contribution in [0.15, 0.2) is 18.2 Å². The van der Waals surface area contributed by atoms with E-state index in [2.05, 4.69) is 5.32 Å². The van der Waals surface area contributed by atoms with E-state index in [0.717, 1.165) is 0 Å². The van der Waals surface area contributed by atoms with Crippen LogP contribution >= 0.6 is 11.6 Å². The van der Waals surface area contributed by atoms with E-state index in [1.165, 1.54) is 30.1 Å². The zero-order chi connectivity index (χ0) is 14.7. The van der Waals surface area contributed by atoms with Gasteiger partial charge >= 0.3 is 0 Å². The summed E-state index contributed by atoms with van der Waals surface area (Å²) in [5, 5.41) is 12.0. The summed E-state index contributed by atoms with van der Waals surface area (Å²) in [6.45, 7) is 0.873. The molecule has 108 valence electrons. The number of carbonyl (C=O) groups is 2. The second kappa shape index (κ2) is 6.11. The van der Waals surface area contributed by atoms with E-state index < -0.39 is 6.04 Å². The Kier molecular flexibility index (Phi) is 4.46. The van der Waals surface area contributed by atoms with Gasteiger partial charge in [-0.1, -0.05) is 11.6 Å². The number of morpholine rings is 1. The summed E-state index contributed by atoms with van der Waals surface area (Å²) >= 11 is 5.80. The molecule has 0 bridgehead atoms. The van der Waals surface area contributed by atoms with Gasteiger partial charge in [-0.25, -0.2) is 0 Å². The van der Waals surface area contributed by atoms with Gasteiger partial charge in [-0.2, -0.15) is 0 Å². The zero-order valence-electron chi connectivity index (χ0n) is 10.9. The van der Waals surface area contributed by atoms with Crippen LogP contribution in [0.25, 0.3) is 0 Å². The predicted molar refractivity (Wildman–Crippen MR) is 72.8 cm³/mol. The van der Waals surface area contributed by atoms with Gasteiger partial charge in [0.2, 0.25) is 5.91 Å². The Bertz CT molecular complexity index is 535. The Hall–Kier alpha value is -1.79. The van der Waals surface area contributed by atoms with Crippen LogP contribution in [0, 0.1) is 0 Å². The molecule has 0 spiro atoms. The first-order valence-electron chi connectivity index (χ1n) is 6.13. The molecule has 20 heavy (non-hydrogen) atoms. The fourth-order valence-electron chi connectivity index (χ4n) is 2.04. The Morgan fingerprint density at radius 2 is 2.25 bits per heavy atom. The molecule has 1 fully saturated rings. The molecule has 1 aromatic rings. The molecule has 1 saturated heterocycles. The highest BCUT2D eigenvalue weighted by atomic mass is 35.5. The second-order valence-electron chi connectivity index (χ2n) is 4.37. The third-order valence-corrected chi connectivity index (χ3v) is 3.44. The first-order chi connectivity index (χ1) is 9.54. The number of hydrogen-bond acceptors (Lipinski definition) is 4. The molecule has 0 aromatic heterocycles. The van der Waals surface area contributed by atoms with Gasteiger partial charge in [-0.15, -0.1) is 0 Å². The van der Waals surface area contributed by atoms with Crippen molar-refractivity contribution in [1.82, 2.24) is 10.2 Å². The topological polar surface area (TPSA) is 78.9 Å². The molecule has 1 aliphatic rings. The van der Waals surface area contributed by atoms with Gasteiger partial charge < -0.3 is 20.1 Å². The molecule has 2 N–H and O–H groups in total. The summed E-state index contributed by atoms with van der Waals surface area (Å²) in [6.07, 6.45) is 0. The average Bonchev–Trinajstić information content (AvgIpc) is 2.48. The third kappa shape index (κ3) is 2.86. The lowest BCUT2D eigenvalue weighted by Crippen LogP contribution is -2.55. The van der Waals surface area contributed by atoms with Gasteiger partial charge in [-0.05, 0) is 18.2 Å². The molecule has 1 aromatic carbocycles. The number of nitrogens with zero attached hydrogens (tertiary/aromatic N) is 1. The van der Waals surface area contributed by atoms with Crippen molar-refractivity contribution in [1.29, 1.82) is 0 Å². The number of carbonyl (C=O) groups excluding carboxylic acids is 2. The lowest BCUT2D eigenvalue weighted by Gasteiger charge is -2.34. The number of nitrogens with one attached hydrogen (secondary N) is 1. The van der Waals surface area contributed by atoms with Crippen LogP contribution in [0.2, 0.25) is 5.02 Å². The van der Waals surface area contributed by atoms with Crippen molar-refractivity contribution in [3.05, 3.63) is 28.8 Å². The minimum Gasteiger partial charge on any atom is -0.506 e. The molecule has 1 heterocycles. The number of likely N-dealkylation sites (N-methyl/N-ethyl adjacent to an activating group) is 1. The predicted octanol–water partition coefficient (Wildman–Crippen LogP) is 0.633.